The summed E-state index contributed by atoms with van der Waals surface area (Å²) >= 11 is 1.61. The zero-order valence-electron chi connectivity index (χ0n) is 12.4. The number of amides is 2. The SMILES string of the molecule is Cc1cc(F)ccc1NC(=O)C(=O)NC[C@H](C)c1cccs1. The predicted molar refractivity (Wildman–Crippen MR) is 85.5 cm³/mol. The average molecular weight is 320 g/mol. The molecule has 0 saturated carbocycles. The van der Waals surface area contributed by atoms with Gasteiger partial charge in [-0.3, -0.25) is 9.59 Å². The summed E-state index contributed by atoms with van der Waals surface area (Å²) in [4.78, 5) is 24.8. The van der Waals surface area contributed by atoms with Gasteiger partial charge in [-0.15, -0.1) is 11.3 Å². The molecule has 4 nitrogen and oxygen atoms in total. The summed E-state index contributed by atoms with van der Waals surface area (Å²) < 4.78 is 13.0. The zero-order chi connectivity index (χ0) is 16.1. The van der Waals surface area contributed by atoms with Crippen LogP contribution in [0.3, 0.4) is 0 Å². The van der Waals surface area contributed by atoms with Crippen molar-refractivity contribution in [2.45, 2.75) is 19.8 Å². The van der Waals surface area contributed by atoms with E-state index in [4.69, 9.17) is 0 Å². The number of rotatable bonds is 4. The van der Waals surface area contributed by atoms with Crippen LogP contribution in [0.1, 0.15) is 23.3 Å². The first-order valence-corrected chi connectivity index (χ1v) is 7.74. The van der Waals surface area contributed by atoms with Gasteiger partial charge in [-0.25, -0.2) is 4.39 Å². The van der Waals surface area contributed by atoms with Gasteiger partial charge in [0.1, 0.15) is 5.82 Å². The summed E-state index contributed by atoms with van der Waals surface area (Å²) in [6, 6.07) is 7.90. The number of hydrogen-bond acceptors (Lipinski definition) is 3. The van der Waals surface area contributed by atoms with E-state index in [1.54, 1.807) is 18.3 Å². The first kappa shape index (κ1) is 16.2. The van der Waals surface area contributed by atoms with E-state index in [0.29, 0.717) is 17.8 Å². The third-order valence-corrected chi connectivity index (χ3v) is 4.34. The van der Waals surface area contributed by atoms with Crippen molar-refractivity contribution < 1.29 is 14.0 Å². The Bertz CT molecular complexity index is 671. The maximum atomic E-state index is 13.0. The van der Waals surface area contributed by atoms with Crippen molar-refractivity contribution in [3.05, 3.63) is 52.0 Å². The quantitative estimate of drug-likeness (QED) is 0.851. The number of benzene rings is 1. The van der Waals surface area contributed by atoms with Crippen LogP contribution in [0.15, 0.2) is 35.7 Å². The van der Waals surface area contributed by atoms with Crippen LogP contribution >= 0.6 is 11.3 Å². The summed E-state index contributed by atoms with van der Waals surface area (Å²) in [5.41, 5.74) is 0.987. The summed E-state index contributed by atoms with van der Waals surface area (Å²) in [6.45, 7) is 4.03. The lowest BCUT2D eigenvalue weighted by Crippen LogP contribution is -2.37. The molecular weight excluding hydrogens is 303 g/mol. The number of hydrogen-bond donors (Lipinski definition) is 2. The van der Waals surface area contributed by atoms with Gasteiger partial charge in [0.2, 0.25) is 0 Å². The Balaban J connectivity index is 1.88. The molecule has 2 aromatic rings. The van der Waals surface area contributed by atoms with Crippen molar-refractivity contribution in [3.63, 3.8) is 0 Å². The highest BCUT2D eigenvalue weighted by molar-refractivity contribution is 7.10. The van der Waals surface area contributed by atoms with Crippen molar-refractivity contribution in [1.82, 2.24) is 5.32 Å². The molecule has 0 unspecified atom stereocenters. The molecule has 1 atom stereocenters. The molecule has 6 heteroatoms. The lowest BCUT2D eigenvalue weighted by Gasteiger charge is -2.12. The van der Waals surface area contributed by atoms with Gasteiger partial charge in [-0.2, -0.15) is 0 Å². The largest absolute Gasteiger partial charge is 0.347 e. The molecule has 0 aliphatic rings. The van der Waals surface area contributed by atoms with Crippen molar-refractivity contribution >= 4 is 28.8 Å². The van der Waals surface area contributed by atoms with E-state index in [1.807, 2.05) is 24.4 Å². The molecule has 0 saturated heterocycles. The second-order valence-corrected chi connectivity index (χ2v) is 6.02. The minimum Gasteiger partial charge on any atom is -0.347 e. The maximum Gasteiger partial charge on any atom is 0.313 e. The maximum absolute atomic E-state index is 13.0. The van der Waals surface area contributed by atoms with Crippen molar-refractivity contribution in [2.24, 2.45) is 0 Å². The molecule has 0 bridgehead atoms. The minimum atomic E-state index is -0.756. The monoisotopic (exact) mass is 320 g/mol. The van der Waals surface area contributed by atoms with Crippen molar-refractivity contribution in [2.75, 3.05) is 11.9 Å². The van der Waals surface area contributed by atoms with Crippen LogP contribution in [0.4, 0.5) is 10.1 Å². The van der Waals surface area contributed by atoms with Crippen LogP contribution in [0.5, 0.6) is 0 Å². The van der Waals surface area contributed by atoms with Crippen LogP contribution in [0.25, 0.3) is 0 Å². The number of carbonyl (C=O) groups is 2. The second kappa shape index (κ2) is 7.17. The molecule has 2 amide bonds. The third-order valence-electron chi connectivity index (χ3n) is 3.24. The standard InChI is InChI=1S/C16H17FN2O2S/c1-10-8-12(17)5-6-13(10)19-16(21)15(20)18-9-11(2)14-4-3-7-22-14/h3-8,11H,9H2,1-2H3,(H,18,20)(H,19,21)/t11-/m0/s1. The van der Waals surface area contributed by atoms with Crippen LogP contribution in [0.2, 0.25) is 0 Å². The zero-order valence-corrected chi connectivity index (χ0v) is 13.2. The fourth-order valence-corrected chi connectivity index (χ4v) is 2.73. The number of halogens is 1. The van der Waals surface area contributed by atoms with Gasteiger partial charge in [0.05, 0.1) is 0 Å². The lowest BCUT2D eigenvalue weighted by molar-refractivity contribution is -0.136. The van der Waals surface area contributed by atoms with E-state index in [0.717, 1.165) is 4.88 Å². The Hall–Kier alpha value is -2.21. The molecule has 1 aromatic heterocycles. The van der Waals surface area contributed by atoms with Gasteiger partial charge in [0, 0.05) is 23.0 Å². The highest BCUT2D eigenvalue weighted by atomic mass is 32.1. The van der Waals surface area contributed by atoms with E-state index >= 15 is 0 Å². The molecule has 1 aromatic carbocycles. The summed E-state index contributed by atoms with van der Waals surface area (Å²) in [7, 11) is 0. The number of aryl methyl sites for hydroxylation is 1. The normalized spacial score (nSPS) is 11.8. The number of anilines is 1. The van der Waals surface area contributed by atoms with E-state index in [9.17, 15) is 14.0 Å². The molecule has 1 heterocycles. The van der Waals surface area contributed by atoms with Crippen molar-refractivity contribution in [3.8, 4) is 0 Å². The van der Waals surface area contributed by atoms with Gasteiger partial charge in [-0.1, -0.05) is 13.0 Å². The number of carbonyl (C=O) groups excluding carboxylic acids is 2. The van der Waals surface area contributed by atoms with Gasteiger partial charge in [0.15, 0.2) is 0 Å². The summed E-state index contributed by atoms with van der Waals surface area (Å²) in [5.74, 6) is -1.70. The van der Waals surface area contributed by atoms with E-state index < -0.39 is 11.8 Å². The molecule has 0 spiro atoms. The lowest BCUT2D eigenvalue weighted by atomic mass is 10.1. The molecule has 0 radical (unpaired) electrons. The first-order valence-electron chi connectivity index (χ1n) is 6.86. The second-order valence-electron chi connectivity index (χ2n) is 5.04. The highest BCUT2D eigenvalue weighted by Crippen LogP contribution is 2.19. The molecule has 2 rings (SSSR count). The van der Waals surface area contributed by atoms with Crippen LogP contribution < -0.4 is 10.6 Å². The Morgan fingerprint density at radius 3 is 2.68 bits per heavy atom. The third kappa shape index (κ3) is 4.14. The molecule has 0 aliphatic heterocycles. The Kier molecular flexibility index (Phi) is 5.27. The molecule has 116 valence electrons. The van der Waals surface area contributed by atoms with E-state index in [1.165, 1.54) is 18.2 Å². The van der Waals surface area contributed by atoms with Gasteiger partial charge < -0.3 is 10.6 Å². The fourth-order valence-electron chi connectivity index (χ4n) is 1.94. The van der Waals surface area contributed by atoms with E-state index in [-0.39, 0.29) is 11.7 Å². The average Bonchev–Trinajstić information content (AvgIpc) is 3.01. The minimum absolute atomic E-state index is 0.143. The first-order chi connectivity index (χ1) is 10.5. The molecule has 22 heavy (non-hydrogen) atoms. The van der Waals surface area contributed by atoms with E-state index in [2.05, 4.69) is 10.6 Å². The predicted octanol–water partition coefficient (Wildman–Crippen LogP) is 3.05. The van der Waals surface area contributed by atoms with Crippen molar-refractivity contribution in [1.29, 1.82) is 0 Å². The molecular formula is C16H17FN2O2S. The topological polar surface area (TPSA) is 58.2 Å². The summed E-state index contributed by atoms with van der Waals surface area (Å²) in [5, 5.41) is 7.05. The van der Waals surface area contributed by atoms with Gasteiger partial charge in [0.25, 0.3) is 0 Å². The molecule has 2 N–H and O–H groups in total. The Labute approximate surface area is 132 Å². The van der Waals surface area contributed by atoms with Gasteiger partial charge >= 0.3 is 11.8 Å². The molecule has 0 fully saturated rings. The van der Waals surface area contributed by atoms with Crippen LogP contribution in [0, 0.1) is 12.7 Å². The summed E-state index contributed by atoms with van der Waals surface area (Å²) in [6.07, 6.45) is 0. The molecule has 0 aliphatic carbocycles. The number of nitrogens with one attached hydrogen (secondary N) is 2. The highest BCUT2D eigenvalue weighted by Gasteiger charge is 2.16. The smallest absolute Gasteiger partial charge is 0.313 e. The van der Waals surface area contributed by atoms with Crippen LogP contribution in [-0.2, 0) is 9.59 Å². The Morgan fingerprint density at radius 1 is 1.27 bits per heavy atom. The van der Waals surface area contributed by atoms with Crippen LogP contribution in [-0.4, -0.2) is 18.4 Å². The van der Waals surface area contributed by atoms with Gasteiger partial charge in [-0.05, 0) is 42.1 Å². The number of thiophene rings is 1. The fraction of sp³-hybridized carbons (Fsp3) is 0.250. The Morgan fingerprint density at radius 2 is 2.05 bits per heavy atom.